The Balaban J connectivity index is 1.39. The number of nitrogens with zero attached hydrogens (tertiary/aromatic N) is 6. The number of fused-ring (bicyclic) bond motifs is 1. The summed E-state index contributed by atoms with van der Waals surface area (Å²) in [7, 11) is 0. The summed E-state index contributed by atoms with van der Waals surface area (Å²) in [5.74, 6) is 1.51. The number of carbonyl (C=O) groups excluding carboxylic acids is 1. The molecule has 1 amide bonds. The van der Waals surface area contributed by atoms with Crippen molar-refractivity contribution in [1.82, 2.24) is 35.3 Å². The Morgan fingerprint density at radius 1 is 1.24 bits per heavy atom. The van der Waals surface area contributed by atoms with Gasteiger partial charge in [0.15, 0.2) is 11.3 Å². The fourth-order valence-electron chi connectivity index (χ4n) is 3.70. The van der Waals surface area contributed by atoms with Crippen LogP contribution in [0.3, 0.4) is 0 Å². The van der Waals surface area contributed by atoms with Gasteiger partial charge in [0, 0.05) is 23.9 Å². The van der Waals surface area contributed by atoms with Gasteiger partial charge in [0.05, 0.1) is 11.3 Å². The van der Waals surface area contributed by atoms with Crippen molar-refractivity contribution in [1.29, 1.82) is 0 Å². The first-order valence-corrected chi connectivity index (χ1v) is 11.4. The second-order valence-electron chi connectivity index (χ2n) is 9.66. The molecule has 10 heteroatoms. The quantitative estimate of drug-likeness (QED) is 0.462. The largest absolute Gasteiger partial charge is 0.470 e. The van der Waals surface area contributed by atoms with Gasteiger partial charge >= 0.3 is 0 Å². The SMILES string of the molecule is Cc1cc(-c2nnc3cc(C(C)(C)C)c(OCc4ccc(C(=O)NC5CCC5)cn4)nn23)no1. The van der Waals surface area contributed by atoms with Crippen LogP contribution in [0.25, 0.3) is 17.2 Å². The minimum atomic E-state index is -0.239. The highest BCUT2D eigenvalue weighted by Crippen LogP contribution is 2.32. The number of aromatic nitrogens is 6. The van der Waals surface area contributed by atoms with Crippen molar-refractivity contribution in [3.8, 4) is 17.4 Å². The van der Waals surface area contributed by atoms with Gasteiger partial charge in [-0.1, -0.05) is 25.9 Å². The van der Waals surface area contributed by atoms with Gasteiger partial charge in [-0.2, -0.15) is 4.52 Å². The van der Waals surface area contributed by atoms with Crippen LogP contribution in [0.15, 0.2) is 35.0 Å². The van der Waals surface area contributed by atoms with E-state index in [2.05, 4.69) is 46.4 Å². The first-order chi connectivity index (χ1) is 16.3. The molecule has 0 spiro atoms. The maximum Gasteiger partial charge on any atom is 0.253 e. The monoisotopic (exact) mass is 461 g/mol. The lowest BCUT2D eigenvalue weighted by Gasteiger charge is -2.26. The van der Waals surface area contributed by atoms with E-state index in [0.717, 1.165) is 18.4 Å². The van der Waals surface area contributed by atoms with Gasteiger partial charge in [-0.25, -0.2) is 0 Å². The van der Waals surface area contributed by atoms with Crippen molar-refractivity contribution >= 4 is 11.6 Å². The molecule has 5 rings (SSSR count). The van der Waals surface area contributed by atoms with Crippen LogP contribution in [-0.2, 0) is 12.0 Å². The van der Waals surface area contributed by atoms with E-state index in [0.29, 0.717) is 40.1 Å². The van der Waals surface area contributed by atoms with E-state index in [-0.39, 0.29) is 24.0 Å². The van der Waals surface area contributed by atoms with E-state index in [1.54, 1.807) is 28.9 Å². The van der Waals surface area contributed by atoms with Crippen molar-refractivity contribution < 1.29 is 14.1 Å². The Morgan fingerprint density at radius 3 is 2.68 bits per heavy atom. The zero-order chi connectivity index (χ0) is 23.9. The number of rotatable bonds is 6. The highest BCUT2D eigenvalue weighted by Gasteiger charge is 2.25. The van der Waals surface area contributed by atoms with Crippen LogP contribution in [0.1, 0.15) is 67.4 Å². The molecule has 0 atom stereocenters. The summed E-state index contributed by atoms with van der Waals surface area (Å²) in [4.78, 5) is 16.7. The van der Waals surface area contributed by atoms with Crippen LogP contribution >= 0.6 is 0 Å². The summed E-state index contributed by atoms with van der Waals surface area (Å²) in [5.41, 5.74) is 3.03. The van der Waals surface area contributed by atoms with Gasteiger partial charge < -0.3 is 14.6 Å². The smallest absolute Gasteiger partial charge is 0.253 e. The number of carbonyl (C=O) groups is 1. The lowest BCUT2D eigenvalue weighted by atomic mass is 9.88. The van der Waals surface area contributed by atoms with Crippen LogP contribution in [0, 0.1) is 6.92 Å². The molecular formula is C24H27N7O3. The molecule has 0 saturated heterocycles. The molecule has 34 heavy (non-hydrogen) atoms. The molecule has 0 radical (unpaired) electrons. The first-order valence-electron chi connectivity index (χ1n) is 11.4. The summed E-state index contributed by atoms with van der Waals surface area (Å²) in [6.07, 6.45) is 4.84. The van der Waals surface area contributed by atoms with Crippen LogP contribution in [0.5, 0.6) is 5.88 Å². The van der Waals surface area contributed by atoms with Gasteiger partial charge in [0.2, 0.25) is 11.7 Å². The van der Waals surface area contributed by atoms with Crippen molar-refractivity contribution in [2.45, 2.75) is 65.0 Å². The molecule has 0 unspecified atom stereocenters. The molecule has 4 heterocycles. The Labute approximate surface area is 196 Å². The second kappa shape index (κ2) is 8.51. The second-order valence-corrected chi connectivity index (χ2v) is 9.66. The van der Waals surface area contributed by atoms with Crippen molar-refractivity contribution in [3.05, 3.63) is 53.0 Å². The molecule has 176 valence electrons. The number of aryl methyl sites for hydroxylation is 1. The molecule has 4 aromatic heterocycles. The third-order valence-electron chi connectivity index (χ3n) is 5.91. The Morgan fingerprint density at radius 2 is 2.06 bits per heavy atom. The molecule has 0 aliphatic heterocycles. The molecule has 0 aromatic carbocycles. The molecular weight excluding hydrogens is 434 g/mol. The first kappa shape index (κ1) is 22.0. The fraction of sp³-hybridized carbons (Fsp3) is 0.417. The average Bonchev–Trinajstić information content (AvgIpc) is 3.39. The number of hydrogen-bond acceptors (Lipinski definition) is 8. The van der Waals surface area contributed by atoms with Crippen LogP contribution in [-0.4, -0.2) is 41.9 Å². The van der Waals surface area contributed by atoms with Gasteiger partial charge in [-0.3, -0.25) is 9.78 Å². The Kier molecular flexibility index (Phi) is 5.51. The van der Waals surface area contributed by atoms with Gasteiger partial charge in [-0.05, 0) is 49.8 Å². The standard InChI is InChI=1S/C24H27N7O3/c1-14-10-19(30-34-14)21-28-27-20-11-18(24(2,3)4)23(29-31(20)21)33-13-17-9-8-15(12-25-17)22(32)26-16-6-5-7-16/h8-12,16H,5-7,13H2,1-4H3,(H,26,32). The van der Waals surface area contributed by atoms with E-state index in [1.165, 1.54) is 6.42 Å². The third-order valence-corrected chi connectivity index (χ3v) is 5.91. The zero-order valence-electron chi connectivity index (χ0n) is 19.7. The number of amides is 1. The van der Waals surface area contributed by atoms with E-state index in [4.69, 9.17) is 14.4 Å². The fourth-order valence-corrected chi connectivity index (χ4v) is 3.70. The topological polar surface area (TPSA) is 120 Å². The predicted molar refractivity (Wildman–Crippen MR) is 123 cm³/mol. The molecule has 0 bridgehead atoms. The molecule has 1 N–H and O–H groups in total. The number of ether oxygens (including phenoxy) is 1. The number of nitrogens with one attached hydrogen (secondary N) is 1. The maximum atomic E-state index is 12.3. The van der Waals surface area contributed by atoms with Crippen LogP contribution < -0.4 is 10.1 Å². The summed E-state index contributed by atoms with van der Waals surface area (Å²) in [5, 5.41) is 20.2. The van der Waals surface area contributed by atoms with Crippen molar-refractivity contribution in [3.63, 3.8) is 0 Å². The minimum Gasteiger partial charge on any atom is -0.470 e. The summed E-state index contributed by atoms with van der Waals surface area (Å²) < 4.78 is 12.9. The highest BCUT2D eigenvalue weighted by atomic mass is 16.5. The molecule has 4 aromatic rings. The summed E-state index contributed by atoms with van der Waals surface area (Å²) in [6.45, 7) is 8.26. The Bertz CT molecular complexity index is 1330. The maximum absolute atomic E-state index is 12.3. The summed E-state index contributed by atoms with van der Waals surface area (Å²) >= 11 is 0. The van der Waals surface area contributed by atoms with Crippen LogP contribution in [0.2, 0.25) is 0 Å². The van der Waals surface area contributed by atoms with Gasteiger partial charge in [-0.15, -0.1) is 15.3 Å². The molecule has 1 saturated carbocycles. The Hall–Kier alpha value is -3.82. The van der Waals surface area contributed by atoms with Gasteiger partial charge in [0.25, 0.3) is 5.91 Å². The van der Waals surface area contributed by atoms with E-state index in [1.807, 2.05) is 13.0 Å². The normalized spacial score (nSPS) is 14.2. The van der Waals surface area contributed by atoms with E-state index >= 15 is 0 Å². The molecule has 1 aliphatic carbocycles. The molecule has 1 fully saturated rings. The van der Waals surface area contributed by atoms with Crippen molar-refractivity contribution in [2.75, 3.05) is 0 Å². The molecule has 1 aliphatic rings. The highest BCUT2D eigenvalue weighted by molar-refractivity contribution is 5.94. The number of hydrogen-bond donors (Lipinski definition) is 1. The van der Waals surface area contributed by atoms with Crippen molar-refractivity contribution in [2.24, 2.45) is 0 Å². The average molecular weight is 462 g/mol. The predicted octanol–water partition coefficient (Wildman–Crippen LogP) is 3.64. The number of pyridine rings is 1. The van der Waals surface area contributed by atoms with Gasteiger partial charge in [0.1, 0.15) is 12.4 Å². The lowest BCUT2D eigenvalue weighted by Crippen LogP contribution is -2.39. The van der Waals surface area contributed by atoms with E-state index in [9.17, 15) is 4.79 Å². The lowest BCUT2D eigenvalue weighted by molar-refractivity contribution is 0.0916. The third kappa shape index (κ3) is 4.35. The zero-order valence-corrected chi connectivity index (χ0v) is 19.7. The summed E-state index contributed by atoms with van der Waals surface area (Å²) in [6, 6.07) is 7.56. The molecule has 10 nitrogen and oxygen atoms in total. The van der Waals surface area contributed by atoms with E-state index < -0.39 is 0 Å². The van der Waals surface area contributed by atoms with Crippen LogP contribution in [0.4, 0.5) is 0 Å². The minimum absolute atomic E-state index is 0.0879.